The Bertz CT molecular complexity index is 507. The Morgan fingerprint density at radius 2 is 1.10 bits per heavy atom. The van der Waals surface area contributed by atoms with Crippen molar-refractivity contribution in [3.63, 3.8) is 0 Å². The maximum absolute atomic E-state index is 2.43. The lowest BCUT2D eigenvalue weighted by Gasteiger charge is -2.37. The molecule has 31 heavy (non-hydrogen) atoms. The Hall–Kier alpha value is -0.790. The predicted octanol–water partition coefficient (Wildman–Crippen LogP) is 6.08. The molecule has 0 aliphatic carbocycles. The monoisotopic (exact) mass is 449 g/mol. The van der Waals surface area contributed by atoms with Crippen molar-refractivity contribution in [2.75, 3.05) is 19.6 Å². The Morgan fingerprint density at radius 3 is 1.61 bits per heavy atom. The van der Waals surface area contributed by atoms with Crippen molar-refractivity contribution in [3.05, 3.63) is 48.0 Å². The van der Waals surface area contributed by atoms with Crippen molar-refractivity contribution in [2.45, 2.75) is 117 Å². The molecular formula is C29H52ClN. The first-order valence-electron chi connectivity index (χ1n) is 13.3. The molecule has 0 amide bonds. The van der Waals surface area contributed by atoms with Crippen LogP contribution in [0.4, 0.5) is 0 Å². The van der Waals surface area contributed by atoms with E-state index in [2.05, 4.69) is 63.3 Å². The number of benzene rings is 1. The summed E-state index contributed by atoms with van der Waals surface area (Å²) in [4.78, 5) is 0. The molecule has 0 aliphatic heterocycles. The highest BCUT2D eigenvalue weighted by molar-refractivity contribution is 5.13. The van der Waals surface area contributed by atoms with Crippen molar-refractivity contribution in [1.29, 1.82) is 0 Å². The fourth-order valence-corrected chi connectivity index (χ4v) is 4.51. The third-order valence-electron chi connectivity index (χ3n) is 6.85. The molecule has 0 unspecified atom stereocenters. The first kappa shape index (κ1) is 30.2. The second-order valence-corrected chi connectivity index (χ2v) is 9.28. The van der Waals surface area contributed by atoms with Crippen LogP contribution in [0.2, 0.25) is 0 Å². The molecule has 0 spiro atoms. The van der Waals surface area contributed by atoms with Crippen molar-refractivity contribution in [2.24, 2.45) is 0 Å². The number of halogens is 1. The highest BCUT2D eigenvalue weighted by Crippen LogP contribution is 2.17. The van der Waals surface area contributed by atoms with Gasteiger partial charge >= 0.3 is 0 Å². The zero-order valence-electron chi connectivity index (χ0n) is 21.1. The summed E-state index contributed by atoms with van der Waals surface area (Å²) in [5.41, 5.74) is 1.49. The SMILES string of the molecule is CCCCCCCC/C=C\CCCCCCCC[N+](CC)(CC)Cc1ccccc1.[Cl-]. The van der Waals surface area contributed by atoms with E-state index in [0.717, 1.165) is 0 Å². The van der Waals surface area contributed by atoms with Crippen molar-refractivity contribution < 1.29 is 16.9 Å². The summed E-state index contributed by atoms with van der Waals surface area (Å²) < 4.78 is 1.24. The summed E-state index contributed by atoms with van der Waals surface area (Å²) in [6, 6.07) is 11.1. The summed E-state index contributed by atoms with van der Waals surface area (Å²) in [7, 11) is 0. The van der Waals surface area contributed by atoms with Crippen molar-refractivity contribution in [1.82, 2.24) is 0 Å². The van der Waals surface area contributed by atoms with Gasteiger partial charge in [-0.05, 0) is 52.4 Å². The molecule has 0 saturated heterocycles. The minimum atomic E-state index is 0. The Morgan fingerprint density at radius 1 is 0.613 bits per heavy atom. The zero-order valence-corrected chi connectivity index (χ0v) is 21.9. The standard InChI is InChI=1S/C29H52N.ClH/c1-4-7-8-9-10-11-12-13-14-15-16-17-18-19-20-24-27-30(5-2,6-3)28-29-25-22-21-23-26-29;/h13-14,21-23,25-26H,4-12,15-20,24,27-28H2,1-3H3;1H/q+1;/p-1/b14-13-;. The van der Waals surface area contributed by atoms with Gasteiger partial charge in [-0.1, -0.05) is 101 Å². The molecule has 0 aromatic heterocycles. The van der Waals surface area contributed by atoms with Crippen LogP contribution in [0, 0.1) is 0 Å². The molecule has 1 rings (SSSR count). The number of unbranched alkanes of at least 4 members (excludes halogenated alkanes) is 12. The van der Waals surface area contributed by atoms with E-state index in [1.54, 1.807) is 0 Å². The van der Waals surface area contributed by atoms with Crippen LogP contribution in [-0.4, -0.2) is 24.1 Å². The molecule has 0 aliphatic rings. The number of quaternary nitrogens is 1. The molecule has 1 aromatic rings. The van der Waals surface area contributed by atoms with Crippen molar-refractivity contribution >= 4 is 0 Å². The molecule has 1 nitrogen and oxygen atoms in total. The Balaban J connectivity index is 0.00000900. The minimum absolute atomic E-state index is 0. The summed E-state index contributed by atoms with van der Waals surface area (Å²) in [6.07, 6.45) is 24.3. The van der Waals surface area contributed by atoms with Crippen LogP contribution in [0.25, 0.3) is 0 Å². The molecule has 0 heterocycles. The van der Waals surface area contributed by atoms with Gasteiger partial charge in [0.1, 0.15) is 6.54 Å². The Kier molecular flexibility index (Phi) is 20.5. The maximum atomic E-state index is 2.43. The molecule has 0 saturated carbocycles. The van der Waals surface area contributed by atoms with Crippen LogP contribution in [0.5, 0.6) is 0 Å². The fraction of sp³-hybridized carbons (Fsp3) is 0.724. The maximum Gasteiger partial charge on any atom is 0.104 e. The molecule has 1 aromatic carbocycles. The number of rotatable bonds is 20. The first-order chi connectivity index (χ1) is 14.8. The van der Waals surface area contributed by atoms with Gasteiger partial charge < -0.3 is 16.9 Å². The normalized spacial score (nSPS) is 11.7. The van der Waals surface area contributed by atoms with E-state index in [4.69, 9.17) is 0 Å². The molecule has 2 heteroatoms. The second kappa shape index (κ2) is 21.1. The van der Waals surface area contributed by atoms with E-state index in [1.165, 1.54) is 126 Å². The van der Waals surface area contributed by atoms with Gasteiger partial charge in [0.05, 0.1) is 19.6 Å². The Labute approximate surface area is 201 Å². The summed E-state index contributed by atoms with van der Waals surface area (Å²) in [5.74, 6) is 0. The third kappa shape index (κ3) is 15.6. The van der Waals surface area contributed by atoms with Gasteiger partial charge in [-0.3, -0.25) is 0 Å². The van der Waals surface area contributed by atoms with Gasteiger partial charge in [-0.2, -0.15) is 0 Å². The highest BCUT2D eigenvalue weighted by Gasteiger charge is 2.22. The lowest BCUT2D eigenvalue weighted by molar-refractivity contribution is -0.938. The smallest absolute Gasteiger partial charge is 0.104 e. The lowest BCUT2D eigenvalue weighted by atomic mass is 10.1. The average Bonchev–Trinajstić information content (AvgIpc) is 2.78. The molecule has 180 valence electrons. The quantitative estimate of drug-likeness (QED) is 0.128. The highest BCUT2D eigenvalue weighted by atomic mass is 35.5. The molecular weight excluding hydrogens is 398 g/mol. The fourth-order valence-electron chi connectivity index (χ4n) is 4.51. The van der Waals surface area contributed by atoms with E-state index in [9.17, 15) is 0 Å². The van der Waals surface area contributed by atoms with Crippen LogP contribution in [0.3, 0.4) is 0 Å². The van der Waals surface area contributed by atoms with Crippen LogP contribution in [0.15, 0.2) is 42.5 Å². The molecule has 0 radical (unpaired) electrons. The van der Waals surface area contributed by atoms with E-state index < -0.39 is 0 Å². The summed E-state index contributed by atoms with van der Waals surface area (Å²) in [6.45, 7) is 12.0. The van der Waals surface area contributed by atoms with Crippen LogP contribution < -0.4 is 12.4 Å². The van der Waals surface area contributed by atoms with E-state index in [0.29, 0.717) is 0 Å². The summed E-state index contributed by atoms with van der Waals surface area (Å²) >= 11 is 0. The molecule has 0 N–H and O–H groups in total. The lowest BCUT2D eigenvalue weighted by Crippen LogP contribution is -3.00. The minimum Gasteiger partial charge on any atom is -1.00 e. The van der Waals surface area contributed by atoms with Crippen LogP contribution in [0.1, 0.15) is 116 Å². The van der Waals surface area contributed by atoms with Crippen molar-refractivity contribution in [3.8, 4) is 0 Å². The number of hydrogen-bond acceptors (Lipinski definition) is 0. The average molecular weight is 450 g/mol. The molecule has 0 atom stereocenters. The third-order valence-corrected chi connectivity index (χ3v) is 6.85. The van der Waals surface area contributed by atoms with Crippen LogP contribution >= 0.6 is 0 Å². The van der Waals surface area contributed by atoms with Gasteiger partial charge in [0, 0.05) is 5.56 Å². The number of nitrogens with zero attached hydrogens (tertiary/aromatic N) is 1. The zero-order chi connectivity index (χ0) is 21.8. The van der Waals surface area contributed by atoms with E-state index in [1.807, 2.05) is 0 Å². The second-order valence-electron chi connectivity index (χ2n) is 9.28. The summed E-state index contributed by atoms with van der Waals surface area (Å²) in [5, 5.41) is 0. The van der Waals surface area contributed by atoms with E-state index >= 15 is 0 Å². The van der Waals surface area contributed by atoms with Gasteiger partial charge in [0.15, 0.2) is 0 Å². The van der Waals surface area contributed by atoms with Gasteiger partial charge in [-0.25, -0.2) is 0 Å². The largest absolute Gasteiger partial charge is 1.00 e. The molecule has 0 bridgehead atoms. The topological polar surface area (TPSA) is 0 Å². The van der Waals surface area contributed by atoms with Crippen LogP contribution in [-0.2, 0) is 6.54 Å². The van der Waals surface area contributed by atoms with Gasteiger partial charge in [0.2, 0.25) is 0 Å². The van der Waals surface area contributed by atoms with E-state index in [-0.39, 0.29) is 12.4 Å². The number of hydrogen-bond donors (Lipinski definition) is 0. The molecule has 0 fully saturated rings. The van der Waals surface area contributed by atoms with Gasteiger partial charge in [-0.15, -0.1) is 0 Å². The first-order valence-corrected chi connectivity index (χ1v) is 13.3. The number of allylic oxidation sites excluding steroid dienone is 2. The predicted molar refractivity (Wildman–Crippen MR) is 136 cm³/mol. The van der Waals surface area contributed by atoms with Gasteiger partial charge in [0.25, 0.3) is 0 Å².